The number of nitrogens with two attached hydrogens (primary N) is 1. The molecule has 6 nitrogen and oxygen atoms in total. The van der Waals surface area contributed by atoms with E-state index in [1.165, 1.54) is 12.1 Å². The van der Waals surface area contributed by atoms with E-state index >= 15 is 0 Å². The summed E-state index contributed by atoms with van der Waals surface area (Å²) in [4.78, 5) is 6.21. The molecule has 21 heavy (non-hydrogen) atoms. The second kappa shape index (κ2) is 6.28. The molecule has 2 heterocycles. The van der Waals surface area contributed by atoms with E-state index in [1.807, 2.05) is 11.8 Å². The first-order valence-electron chi connectivity index (χ1n) is 6.38. The number of anilines is 1. The lowest BCUT2D eigenvalue weighted by Crippen LogP contribution is -2.38. The molecule has 0 fully saturated rings. The molecule has 1 aliphatic heterocycles. The van der Waals surface area contributed by atoms with Gasteiger partial charge in [0.25, 0.3) is 0 Å². The monoisotopic (exact) mass is 314 g/mol. The average molecular weight is 315 g/mol. The maximum Gasteiger partial charge on any atom is 0.240 e. The molecular formula is C13H16ClFN4O2. The summed E-state index contributed by atoms with van der Waals surface area (Å²) in [6, 6.07) is 4.49. The van der Waals surface area contributed by atoms with Crippen LogP contribution in [0.15, 0.2) is 22.7 Å². The topological polar surface area (TPSA) is 77.4 Å². The third-order valence-electron chi connectivity index (χ3n) is 3.09. The molecule has 0 saturated carbocycles. The third-order valence-corrected chi connectivity index (χ3v) is 3.09. The van der Waals surface area contributed by atoms with Gasteiger partial charge in [-0.2, -0.15) is 4.98 Å². The first-order chi connectivity index (χ1) is 9.65. The van der Waals surface area contributed by atoms with Gasteiger partial charge in [0, 0.05) is 6.07 Å². The first kappa shape index (κ1) is 15.5. The van der Waals surface area contributed by atoms with Gasteiger partial charge in [0.05, 0.1) is 25.3 Å². The molecule has 2 N–H and O–H groups in total. The van der Waals surface area contributed by atoms with E-state index in [0.717, 1.165) is 5.69 Å². The summed E-state index contributed by atoms with van der Waals surface area (Å²) in [5.74, 6) is 1.17. The van der Waals surface area contributed by atoms with Crippen molar-refractivity contribution in [2.24, 2.45) is 5.73 Å². The van der Waals surface area contributed by atoms with Crippen LogP contribution < -0.4 is 15.4 Å². The summed E-state index contributed by atoms with van der Waals surface area (Å²) in [6.45, 7) is 3.29. The summed E-state index contributed by atoms with van der Waals surface area (Å²) in [6.07, 6.45) is -0.0369. The minimum atomic E-state index is -0.317. The molecule has 0 saturated heterocycles. The Kier molecular flexibility index (Phi) is 4.64. The Bertz CT molecular complexity index is 622. The van der Waals surface area contributed by atoms with E-state index < -0.39 is 0 Å². The molecule has 2 aromatic rings. The number of halogens is 2. The molecule has 0 amide bonds. The predicted molar refractivity (Wildman–Crippen MR) is 77.0 cm³/mol. The largest absolute Gasteiger partial charge is 0.487 e. The van der Waals surface area contributed by atoms with Gasteiger partial charge in [-0.3, -0.25) is 0 Å². The summed E-state index contributed by atoms with van der Waals surface area (Å²) in [5.41, 5.74) is 6.26. The quantitative estimate of drug-likeness (QED) is 0.932. The highest BCUT2D eigenvalue weighted by Gasteiger charge is 2.24. The van der Waals surface area contributed by atoms with Crippen LogP contribution in [0.1, 0.15) is 18.6 Å². The Labute approximate surface area is 127 Å². The third kappa shape index (κ3) is 3.25. The summed E-state index contributed by atoms with van der Waals surface area (Å²) >= 11 is 0. The Hall–Kier alpha value is -1.86. The van der Waals surface area contributed by atoms with E-state index in [0.29, 0.717) is 30.6 Å². The van der Waals surface area contributed by atoms with Gasteiger partial charge in [-0.05, 0) is 19.1 Å². The molecule has 114 valence electrons. The number of hydrogen-bond donors (Lipinski definition) is 1. The van der Waals surface area contributed by atoms with Crippen LogP contribution in [0.5, 0.6) is 5.75 Å². The standard InChI is InChI=1S/C13H15FN4O2.ClH/c1-8-6-18(7-12-16-13(5-15)20-17-12)10-3-2-9(14)4-11(10)19-8;/h2-4,8H,5-7,15H2,1H3;1H. The predicted octanol–water partition coefficient (Wildman–Crippen LogP) is 1.88. The van der Waals surface area contributed by atoms with Crippen molar-refractivity contribution in [1.82, 2.24) is 10.1 Å². The number of nitrogens with zero attached hydrogens (tertiary/aromatic N) is 3. The van der Waals surface area contributed by atoms with Gasteiger partial charge in [0.2, 0.25) is 5.89 Å². The van der Waals surface area contributed by atoms with Crippen molar-refractivity contribution < 1.29 is 13.7 Å². The SMILES string of the molecule is CC1CN(Cc2noc(CN)n2)c2ccc(F)cc2O1.Cl. The smallest absolute Gasteiger partial charge is 0.240 e. The maximum absolute atomic E-state index is 13.3. The van der Waals surface area contributed by atoms with Gasteiger partial charge in [0.1, 0.15) is 17.7 Å². The molecular weight excluding hydrogens is 299 g/mol. The fourth-order valence-corrected chi connectivity index (χ4v) is 2.26. The lowest BCUT2D eigenvalue weighted by atomic mass is 10.2. The van der Waals surface area contributed by atoms with Crippen LogP contribution in [0, 0.1) is 5.82 Å². The molecule has 1 aromatic carbocycles. The highest BCUT2D eigenvalue weighted by molar-refractivity contribution is 5.85. The van der Waals surface area contributed by atoms with E-state index in [1.54, 1.807) is 6.07 Å². The Morgan fingerprint density at radius 2 is 2.29 bits per heavy atom. The molecule has 3 rings (SSSR count). The zero-order valence-electron chi connectivity index (χ0n) is 11.5. The number of hydrogen-bond acceptors (Lipinski definition) is 6. The minimum absolute atomic E-state index is 0. The van der Waals surface area contributed by atoms with Crippen LogP contribution in [-0.2, 0) is 13.1 Å². The van der Waals surface area contributed by atoms with Gasteiger partial charge in [-0.25, -0.2) is 4.39 Å². The molecule has 1 aromatic heterocycles. The molecule has 1 aliphatic rings. The lowest BCUT2D eigenvalue weighted by Gasteiger charge is -2.34. The van der Waals surface area contributed by atoms with Crippen LogP contribution >= 0.6 is 12.4 Å². The van der Waals surface area contributed by atoms with E-state index in [2.05, 4.69) is 10.1 Å². The molecule has 8 heteroatoms. The van der Waals surface area contributed by atoms with Crippen LogP contribution in [0.4, 0.5) is 10.1 Å². The van der Waals surface area contributed by atoms with Crippen LogP contribution in [0.25, 0.3) is 0 Å². The molecule has 0 radical (unpaired) electrons. The highest BCUT2D eigenvalue weighted by Crippen LogP contribution is 2.34. The Morgan fingerprint density at radius 3 is 3.00 bits per heavy atom. The Morgan fingerprint density at radius 1 is 1.48 bits per heavy atom. The van der Waals surface area contributed by atoms with Gasteiger partial charge >= 0.3 is 0 Å². The fourth-order valence-electron chi connectivity index (χ4n) is 2.26. The number of benzene rings is 1. The van der Waals surface area contributed by atoms with Crippen LogP contribution in [0.3, 0.4) is 0 Å². The number of fused-ring (bicyclic) bond motifs is 1. The van der Waals surface area contributed by atoms with Crippen molar-refractivity contribution >= 4 is 18.1 Å². The van der Waals surface area contributed by atoms with Crippen molar-refractivity contribution in [2.45, 2.75) is 26.1 Å². The minimum Gasteiger partial charge on any atom is -0.487 e. The first-order valence-corrected chi connectivity index (χ1v) is 6.38. The maximum atomic E-state index is 13.3. The van der Waals surface area contributed by atoms with E-state index in [4.69, 9.17) is 15.0 Å². The van der Waals surface area contributed by atoms with Crippen molar-refractivity contribution in [2.75, 3.05) is 11.4 Å². The van der Waals surface area contributed by atoms with Crippen molar-refractivity contribution in [3.05, 3.63) is 35.7 Å². The molecule has 0 spiro atoms. The normalized spacial score (nSPS) is 16.9. The second-order valence-electron chi connectivity index (χ2n) is 4.73. The summed E-state index contributed by atoms with van der Waals surface area (Å²) in [7, 11) is 0. The van der Waals surface area contributed by atoms with Crippen molar-refractivity contribution in [3.8, 4) is 5.75 Å². The highest BCUT2D eigenvalue weighted by atomic mass is 35.5. The van der Waals surface area contributed by atoms with Gasteiger partial charge < -0.3 is 19.9 Å². The molecule has 0 aliphatic carbocycles. The second-order valence-corrected chi connectivity index (χ2v) is 4.73. The van der Waals surface area contributed by atoms with Crippen molar-refractivity contribution in [3.63, 3.8) is 0 Å². The molecule has 1 atom stereocenters. The van der Waals surface area contributed by atoms with Crippen LogP contribution in [0.2, 0.25) is 0 Å². The van der Waals surface area contributed by atoms with Crippen molar-refractivity contribution in [1.29, 1.82) is 0 Å². The molecule has 1 unspecified atom stereocenters. The number of aromatic nitrogens is 2. The average Bonchev–Trinajstić information content (AvgIpc) is 2.85. The molecule has 0 bridgehead atoms. The zero-order chi connectivity index (χ0) is 14.1. The fraction of sp³-hybridized carbons (Fsp3) is 0.385. The van der Waals surface area contributed by atoms with Gasteiger partial charge in [-0.15, -0.1) is 12.4 Å². The Balaban J connectivity index is 0.00000161. The van der Waals surface area contributed by atoms with Gasteiger partial charge in [-0.1, -0.05) is 5.16 Å². The summed E-state index contributed by atoms with van der Waals surface area (Å²) in [5, 5.41) is 3.87. The van der Waals surface area contributed by atoms with Crippen LogP contribution in [-0.4, -0.2) is 22.8 Å². The zero-order valence-corrected chi connectivity index (χ0v) is 12.3. The van der Waals surface area contributed by atoms with E-state index in [9.17, 15) is 4.39 Å². The number of ether oxygens (including phenoxy) is 1. The van der Waals surface area contributed by atoms with E-state index in [-0.39, 0.29) is 30.9 Å². The van der Waals surface area contributed by atoms with Gasteiger partial charge in [0.15, 0.2) is 5.82 Å². The number of rotatable bonds is 3. The lowest BCUT2D eigenvalue weighted by molar-refractivity contribution is 0.210. The summed E-state index contributed by atoms with van der Waals surface area (Å²) < 4.78 is 23.9.